The monoisotopic (exact) mass is 234 g/mol. The zero-order valence-electron chi connectivity index (χ0n) is 10.2. The summed E-state index contributed by atoms with van der Waals surface area (Å²) >= 11 is 0. The minimum Gasteiger partial charge on any atom is -0.469 e. The molecule has 1 saturated carbocycles. The van der Waals surface area contributed by atoms with Crippen molar-refractivity contribution in [1.29, 1.82) is 0 Å². The molecular weight excluding hydrogens is 216 g/mol. The van der Waals surface area contributed by atoms with Gasteiger partial charge in [0.2, 0.25) is 0 Å². The summed E-state index contributed by atoms with van der Waals surface area (Å²) in [4.78, 5) is 0. The summed E-state index contributed by atoms with van der Waals surface area (Å²) in [5, 5.41) is 0. The Morgan fingerprint density at radius 3 is 2.82 bits per heavy atom. The van der Waals surface area contributed by atoms with Crippen molar-refractivity contribution in [3.05, 3.63) is 23.7 Å². The zero-order valence-corrected chi connectivity index (χ0v) is 10.2. The Labute approximate surface area is 101 Å². The van der Waals surface area contributed by atoms with E-state index in [2.05, 4.69) is 13.0 Å². The molecule has 1 aromatic heterocycles. The highest BCUT2D eigenvalue weighted by Gasteiger charge is 2.61. The second kappa shape index (κ2) is 3.15. The molecule has 0 bridgehead atoms. The Bertz CT molecular complexity index is 444. The van der Waals surface area contributed by atoms with Crippen LogP contribution >= 0.6 is 0 Å². The lowest BCUT2D eigenvalue weighted by Crippen LogP contribution is -2.40. The van der Waals surface area contributed by atoms with E-state index in [1.807, 2.05) is 6.26 Å². The van der Waals surface area contributed by atoms with Gasteiger partial charge in [-0.25, -0.2) is 0 Å². The van der Waals surface area contributed by atoms with Crippen LogP contribution in [0.3, 0.4) is 0 Å². The van der Waals surface area contributed by atoms with Crippen molar-refractivity contribution in [2.45, 2.75) is 44.3 Å². The van der Waals surface area contributed by atoms with Gasteiger partial charge >= 0.3 is 0 Å². The number of hydrogen-bond donors (Lipinski definition) is 0. The third kappa shape index (κ3) is 1.19. The fourth-order valence-corrected chi connectivity index (χ4v) is 4.07. The van der Waals surface area contributed by atoms with E-state index in [0.29, 0.717) is 0 Å². The summed E-state index contributed by atoms with van der Waals surface area (Å²) in [5.41, 5.74) is 1.64. The normalized spacial score (nSPS) is 38.3. The van der Waals surface area contributed by atoms with Crippen molar-refractivity contribution >= 4 is 0 Å². The van der Waals surface area contributed by atoms with Gasteiger partial charge in [0.25, 0.3) is 0 Å². The molecule has 2 aliphatic carbocycles. The average molecular weight is 234 g/mol. The van der Waals surface area contributed by atoms with E-state index in [9.17, 15) is 0 Å². The van der Waals surface area contributed by atoms with E-state index in [1.54, 1.807) is 0 Å². The quantitative estimate of drug-likeness (QED) is 0.691. The molecule has 3 nitrogen and oxygen atoms in total. The van der Waals surface area contributed by atoms with E-state index in [4.69, 9.17) is 13.9 Å². The molecule has 0 unspecified atom stereocenters. The second-order valence-corrected chi connectivity index (χ2v) is 5.91. The van der Waals surface area contributed by atoms with Gasteiger partial charge in [0, 0.05) is 6.42 Å². The first-order valence-corrected chi connectivity index (χ1v) is 6.58. The molecule has 3 aliphatic rings. The van der Waals surface area contributed by atoms with Crippen LogP contribution in [0.2, 0.25) is 0 Å². The van der Waals surface area contributed by atoms with Crippen LogP contribution in [0.1, 0.15) is 43.4 Å². The lowest BCUT2D eigenvalue weighted by Gasteiger charge is -2.40. The highest BCUT2D eigenvalue weighted by Crippen LogP contribution is 2.62. The van der Waals surface area contributed by atoms with Crippen molar-refractivity contribution < 1.29 is 13.9 Å². The van der Waals surface area contributed by atoms with Gasteiger partial charge in [-0.05, 0) is 36.3 Å². The Morgan fingerprint density at radius 1 is 1.18 bits per heavy atom. The number of fused-ring (bicyclic) bond motifs is 4. The Kier molecular flexibility index (Phi) is 1.88. The van der Waals surface area contributed by atoms with Crippen LogP contribution in [0.4, 0.5) is 0 Å². The second-order valence-electron chi connectivity index (χ2n) is 5.91. The van der Waals surface area contributed by atoms with Gasteiger partial charge in [0.15, 0.2) is 5.79 Å². The van der Waals surface area contributed by atoms with Crippen molar-refractivity contribution in [3.8, 4) is 0 Å². The molecule has 0 amide bonds. The minimum atomic E-state index is -0.387. The Balaban J connectivity index is 1.86. The summed E-state index contributed by atoms with van der Waals surface area (Å²) in [6.07, 6.45) is 6.36. The summed E-state index contributed by atoms with van der Waals surface area (Å²) in [5.74, 6) is 1.02. The topological polar surface area (TPSA) is 31.6 Å². The summed E-state index contributed by atoms with van der Waals surface area (Å²) in [6.45, 7) is 3.81. The number of hydrogen-bond acceptors (Lipinski definition) is 3. The molecule has 1 aliphatic heterocycles. The number of rotatable bonds is 0. The molecule has 0 radical (unpaired) electrons. The predicted molar refractivity (Wildman–Crippen MR) is 61.7 cm³/mol. The Morgan fingerprint density at radius 2 is 2.00 bits per heavy atom. The molecule has 1 saturated heterocycles. The maximum absolute atomic E-state index is 5.98. The molecule has 1 aromatic rings. The van der Waals surface area contributed by atoms with E-state index >= 15 is 0 Å². The number of furan rings is 1. The molecule has 2 fully saturated rings. The molecule has 1 spiro atoms. The van der Waals surface area contributed by atoms with Crippen LogP contribution in [-0.4, -0.2) is 19.0 Å². The van der Waals surface area contributed by atoms with E-state index < -0.39 is 0 Å². The van der Waals surface area contributed by atoms with Crippen LogP contribution in [-0.2, 0) is 15.9 Å². The van der Waals surface area contributed by atoms with Gasteiger partial charge in [-0.1, -0.05) is 6.92 Å². The fraction of sp³-hybridized carbons (Fsp3) is 0.714. The zero-order chi connectivity index (χ0) is 11.5. The SMILES string of the molecule is C[C@@]12CCc3ccoc3[C@@H]1C1(CC2)OCCO1. The van der Waals surface area contributed by atoms with Gasteiger partial charge in [0.05, 0.1) is 25.4 Å². The lowest BCUT2D eigenvalue weighted by molar-refractivity contribution is -0.175. The first-order chi connectivity index (χ1) is 8.24. The summed E-state index contributed by atoms with van der Waals surface area (Å²) in [7, 11) is 0. The molecular formula is C14H18O3. The molecule has 4 rings (SSSR count). The molecule has 2 heterocycles. The van der Waals surface area contributed by atoms with Gasteiger partial charge in [-0.15, -0.1) is 0 Å². The predicted octanol–water partition coefficient (Wildman–Crippen LogP) is 2.85. The van der Waals surface area contributed by atoms with E-state index in [0.717, 1.165) is 31.8 Å². The van der Waals surface area contributed by atoms with Crippen molar-refractivity contribution in [2.24, 2.45) is 5.41 Å². The van der Waals surface area contributed by atoms with Crippen LogP contribution in [0.5, 0.6) is 0 Å². The lowest BCUT2D eigenvalue weighted by atomic mass is 9.68. The van der Waals surface area contributed by atoms with Crippen LogP contribution in [0.15, 0.2) is 16.7 Å². The fourth-order valence-electron chi connectivity index (χ4n) is 4.07. The molecule has 17 heavy (non-hydrogen) atoms. The summed E-state index contributed by atoms with van der Waals surface area (Å²) < 4.78 is 17.7. The summed E-state index contributed by atoms with van der Waals surface area (Å²) in [6, 6.07) is 2.11. The maximum atomic E-state index is 5.98. The van der Waals surface area contributed by atoms with Gasteiger partial charge in [-0.3, -0.25) is 0 Å². The third-order valence-corrected chi connectivity index (χ3v) is 4.97. The van der Waals surface area contributed by atoms with Gasteiger partial charge < -0.3 is 13.9 Å². The van der Waals surface area contributed by atoms with Gasteiger partial charge in [-0.2, -0.15) is 0 Å². The molecule has 92 valence electrons. The number of ether oxygens (including phenoxy) is 2. The molecule has 2 atom stereocenters. The van der Waals surface area contributed by atoms with Crippen molar-refractivity contribution in [3.63, 3.8) is 0 Å². The Hall–Kier alpha value is -0.800. The average Bonchev–Trinajstić information content (AvgIpc) is 3.00. The van der Waals surface area contributed by atoms with Crippen LogP contribution in [0.25, 0.3) is 0 Å². The highest BCUT2D eigenvalue weighted by molar-refractivity contribution is 5.31. The largest absolute Gasteiger partial charge is 0.469 e. The third-order valence-electron chi connectivity index (χ3n) is 4.97. The van der Waals surface area contributed by atoms with E-state index in [-0.39, 0.29) is 17.1 Å². The minimum absolute atomic E-state index is 0.287. The van der Waals surface area contributed by atoms with E-state index in [1.165, 1.54) is 18.4 Å². The molecule has 3 heteroatoms. The first kappa shape index (κ1) is 10.2. The molecule has 0 N–H and O–H groups in total. The first-order valence-electron chi connectivity index (χ1n) is 6.58. The molecule has 0 aromatic carbocycles. The van der Waals surface area contributed by atoms with Crippen LogP contribution in [0, 0.1) is 5.41 Å². The van der Waals surface area contributed by atoms with Crippen molar-refractivity contribution in [2.75, 3.05) is 13.2 Å². The number of aryl methyl sites for hydroxylation is 1. The van der Waals surface area contributed by atoms with Crippen molar-refractivity contribution in [1.82, 2.24) is 0 Å². The van der Waals surface area contributed by atoms with Crippen LogP contribution < -0.4 is 0 Å². The smallest absolute Gasteiger partial charge is 0.178 e. The highest BCUT2D eigenvalue weighted by atomic mass is 16.7. The maximum Gasteiger partial charge on any atom is 0.178 e. The standard InChI is InChI=1S/C14H18O3/c1-13-4-2-10-3-7-15-11(10)12(13)14(6-5-13)16-8-9-17-14/h3,7,12H,2,4-6,8-9H2,1H3/t12-,13-/m0/s1. The van der Waals surface area contributed by atoms with Gasteiger partial charge in [0.1, 0.15) is 5.76 Å².